The Morgan fingerprint density at radius 1 is 1.00 bits per heavy atom. The van der Waals surface area contributed by atoms with Crippen LogP contribution in [-0.2, 0) is 19.6 Å². The van der Waals surface area contributed by atoms with Crippen molar-refractivity contribution in [3.63, 3.8) is 0 Å². The van der Waals surface area contributed by atoms with Crippen LogP contribution in [0.5, 0.6) is 0 Å². The van der Waals surface area contributed by atoms with Crippen LogP contribution in [0.4, 0.5) is 0 Å². The SMILES string of the molecule is CC1(C)COC(=O)c2cc(cc(S(=O)(=O)O)c2)C(=O)OC1. The van der Waals surface area contributed by atoms with E-state index in [9.17, 15) is 18.0 Å². The molecule has 114 valence electrons. The zero-order valence-electron chi connectivity index (χ0n) is 11.5. The van der Waals surface area contributed by atoms with Gasteiger partial charge in [-0.05, 0) is 18.2 Å². The Labute approximate surface area is 121 Å². The number of hydrogen-bond donors (Lipinski definition) is 1. The summed E-state index contributed by atoms with van der Waals surface area (Å²) in [4.78, 5) is 23.3. The highest BCUT2D eigenvalue weighted by atomic mass is 32.2. The second-order valence-corrected chi connectivity index (χ2v) is 6.96. The highest BCUT2D eigenvalue weighted by molar-refractivity contribution is 7.85. The van der Waals surface area contributed by atoms with E-state index in [-0.39, 0.29) is 24.3 Å². The third-order valence-corrected chi connectivity index (χ3v) is 3.70. The van der Waals surface area contributed by atoms with Crippen LogP contribution in [0.3, 0.4) is 0 Å². The largest absolute Gasteiger partial charge is 0.461 e. The second-order valence-electron chi connectivity index (χ2n) is 5.54. The first-order valence-corrected chi connectivity index (χ1v) is 7.49. The number of hydrogen-bond acceptors (Lipinski definition) is 6. The molecule has 0 radical (unpaired) electrons. The Morgan fingerprint density at radius 3 is 1.81 bits per heavy atom. The molecule has 0 saturated carbocycles. The number of cyclic esters (lactones) is 2. The molecule has 0 fully saturated rings. The van der Waals surface area contributed by atoms with Gasteiger partial charge in [0.1, 0.15) is 0 Å². The molecule has 7 nitrogen and oxygen atoms in total. The molecule has 2 rings (SSSR count). The number of carbonyl (C=O) groups excluding carboxylic acids is 2. The van der Waals surface area contributed by atoms with Gasteiger partial charge in [-0.1, -0.05) is 13.8 Å². The van der Waals surface area contributed by atoms with Gasteiger partial charge in [0.2, 0.25) is 0 Å². The normalized spacial score (nSPS) is 18.6. The lowest BCUT2D eigenvalue weighted by molar-refractivity contribution is 0.00511. The summed E-state index contributed by atoms with van der Waals surface area (Å²) in [7, 11) is -4.56. The average Bonchev–Trinajstić information content (AvgIpc) is 2.40. The first kappa shape index (κ1) is 15.5. The first-order valence-electron chi connectivity index (χ1n) is 6.05. The Balaban J connectivity index is 2.55. The van der Waals surface area contributed by atoms with Gasteiger partial charge in [-0.3, -0.25) is 4.55 Å². The van der Waals surface area contributed by atoms with Crippen LogP contribution < -0.4 is 0 Å². The number of esters is 2. The lowest BCUT2D eigenvalue weighted by Crippen LogP contribution is -2.30. The lowest BCUT2D eigenvalue weighted by Gasteiger charge is -2.25. The summed E-state index contributed by atoms with van der Waals surface area (Å²) < 4.78 is 41.6. The maximum atomic E-state index is 11.9. The fraction of sp³-hybridized carbons (Fsp3) is 0.385. The van der Waals surface area contributed by atoms with Gasteiger partial charge in [0, 0.05) is 5.41 Å². The summed E-state index contributed by atoms with van der Waals surface area (Å²) in [5.41, 5.74) is -0.849. The minimum absolute atomic E-state index is 0.00451. The number of carbonyl (C=O) groups is 2. The van der Waals surface area contributed by atoms with E-state index < -0.39 is 32.4 Å². The molecule has 21 heavy (non-hydrogen) atoms. The van der Waals surface area contributed by atoms with E-state index >= 15 is 0 Å². The molecular formula is C13H14O7S. The predicted octanol–water partition coefficient (Wildman–Crippen LogP) is 1.29. The standard InChI is InChI=1S/C13H14O7S/c1-13(2)6-19-11(14)8-3-9(12(15)20-7-13)5-10(4-8)21(16,17)18/h3-5H,6-7H2,1-2H3,(H,16,17,18). The third kappa shape index (κ3) is 3.59. The number of fused-ring (bicyclic) bond motifs is 2. The average molecular weight is 314 g/mol. The minimum atomic E-state index is -4.56. The highest BCUT2D eigenvalue weighted by Gasteiger charge is 2.27. The molecule has 0 unspecified atom stereocenters. The summed E-state index contributed by atoms with van der Waals surface area (Å²) in [6.45, 7) is 3.52. The predicted molar refractivity (Wildman–Crippen MR) is 70.6 cm³/mol. The Hall–Kier alpha value is -1.93. The van der Waals surface area contributed by atoms with Crippen molar-refractivity contribution in [1.82, 2.24) is 0 Å². The van der Waals surface area contributed by atoms with Gasteiger partial charge in [0.15, 0.2) is 0 Å². The van der Waals surface area contributed by atoms with Crippen molar-refractivity contribution in [2.24, 2.45) is 5.41 Å². The maximum absolute atomic E-state index is 11.9. The molecule has 0 amide bonds. The third-order valence-electron chi connectivity index (χ3n) is 2.86. The Morgan fingerprint density at radius 2 is 1.43 bits per heavy atom. The van der Waals surface area contributed by atoms with Crippen LogP contribution in [0, 0.1) is 5.41 Å². The zero-order chi connectivity index (χ0) is 15.8. The van der Waals surface area contributed by atoms with Gasteiger partial charge in [0.25, 0.3) is 10.1 Å². The van der Waals surface area contributed by atoms with Crippen LogP contribution in [0.1, 0.15) is 34.6 Å². The molecule has 0 atom stereocenters. The van der Waals surface area contributed by atoms with E-state index in [1.54, 1.807) is 13.8 Å². The summed E-state index contributed by atoms with van der Waals surface area (Å²) in [6, 6.07) is 3.06. The smallest absolute Gasteiger partial charge is 0.338 e. The summed E-state index contributed by atoms with van der Waals surface area (Å²) in [6.07, 6.45) is 0. The molecule has 0 saturated heterocycles. The molecule has 0 aromatic heterocycles. The summed E-state index contributed by atoms with van der Waals surface area (Å²) in [5.74, 6) is -1.55. The van der Waals surface area contributed by atoms with Crippen molar-refractivity contribution < 1.29 is 32.0 Å². The van der Waals surface area contributed by atoms with Crippen molar-refractivity contribution in [2.45, 2.75) is 18.7 Å². The van der Waals surface area contributed by atoms with Crippen molar-refractivity contribution in [3.05, 3.63) is 29.3 Å². The molecule has 0 aliphatic carbocycles. The van der Waals surface area contributed by atoms with Gasteiger partial charge < -0.3 is 9.47 Å². The maximum Gasteiger partial charge on any atom is 0.338 e. The van der Waals surface area contributed by atoms with Gasteiger partial charge >= 0.3 is 11.9 Å². The monoisotopic (exact) mass is 314 g/mol. The molecule has 2 bridgehead atoms. The van der Waals surface area contributed by atoms with Crippen molar-refractivity contribution >= 4 is 22.1 Å². The van der Waals surface area contributed by atoms with E-state index in [0.717, 1.165) is 18.2 Å². The van der Waals surface area contributed by atoms with Crippen LogP contribution >= 0.6 is 0 Å². The van der Waals surface area contributed by atoms with E-state index in [0.29, 0.717) is 0 Å². The second kappa shape index (κ2) is 5.12. The minimum Gasteiger partial charge on any atom is -0.461 e. The fourth-order valence-corrected chi connectivity index (χ4v) is 2.27. The number of ether oxygens (including phenoxy) is 2. The molecule has 1 N–H and O–H groups in total. The highest BCUT2D eigenvalue weighted by Crippen LogP contribution is 2.22. The van der Waals surface area contributed by atoms with Crippen LogP contribution in [-0.4, -0.2) is 38.1 Å². The van der Waals surface area contributed by atoms with Crippen LogP contribution in [0.25, 0.3) is 0 Å². The van der Waals surface area contributed by atoms with Crippen molar-refractivity contribution in [1.29, 1.82) is 0 Å². The van der Waals surface area contributed by atoms with E-state index in [1.807, 2.05) is 0 Å². The van der Waals surface area contributed by atoms with E-state index in [4.69, 9.17) is 14.0 Å². The summed E-state index contributed by atoms with van der Waals surface area (Å²) in [5, 5.41) is 0. The molecule has 1 aromatic carbocycles. The van der Waals surface area contributed by atoms with Crippen molar-refractivity contribution in [3.8, 4) is 0 Å². The topological polar surface area (TPSA) is 107 Å². The van der Waals surface area contributed by atoms with E-state index in [1.165, 1.54) is 0 Å². The molecule has 1 heterocycles. The van der Waals surface area contributed by atoms with Gasteiger partial charge in [-0.15, -0.1) is 0 Å². The lowest BCUT2D eigenvalue weighted by atomic mass is 9.96. The van der Waals surface area contributed by atoms with Crippen molar-refractivity contribution in [2.75, 3.05) is 13.2 Å². The number of benzene rings is 1. The Bertz CT molecular complexity index is 663. The Kier molecular flexibility index (Phi) is 3.77. The fourth-order valence-electron chi connectivity index (χ4n) is 1.71. The molecular weight excluding hydrogens is 300 g/mol. The summed E-state index contributed by atoms with van der Waals surface area (Å²) >= 11 is 0. The van der Waals surface area contributed by atoms with Crippen LogP contribution in [0.2, 0.25) is 0 Å². The van der Waals surface area contributed by atoms with Gasteiger partial charge in [-0.2, -0.15) is 8.42 Å². The van der Waals surface area contributed by atoms with Crippen LogP contribution in [0.15, 0.2) is 23.1 Å². The molecule has 1 aromatic rings. The van der Waals surface area contributed by atoms with E-state index in [2.05, 4.69) is 0 Å². The molecule has 8 heteroatoms. The quantitative estimate of drug-likeness (QED) is 0.614. The molecule has 0 spiro atoms. The number of rotatable bonds is 1. The molecule has 1 aliphatic heterocycles. The molecule has 1 aliphatic rings. The van der Waals surface area contributed by atoms with Gasteiger partial charge in [-0.25, -0.2) is 9.59 Å². The van der Waals surface area contributed by atoms with Gasteiger partial charge in [0.05, 0.1) is 29.2 Å². The first-order chi connectivity index (χ1) is 9.58. The zero-order valence-corrected chi connectivity index (χ0v) is 12.3.